The van der Waals surface area contributed by atoms with E-state index in [4.69, 9.17) is 14.6 Å². The van der Waals surface area contributed by atoms with Gasteiger partial charge in [0.1, 0.15) is 5.60 Å². The maximum absolute atomic E-state index is 11.6. The van der Waals surface area contributed by atoms with Crippen molar-refractivity contribution < 1.29 is 24.2 Å². The molecule has 1 rings (SSSR count). The van der Waals surface area contributed by atoms with E-state index in [2.05, 4.69) is 10.6 Å². The fourth-order valence-corrected chi connectivity index (χ4v) is 2.04. The van der Waals surface area contributed by atoms with E-state index in [9.17, 15) is 9.59 Å². The molecule has 20 heavy (non-hydrogen) atoms. The summed E-state index contributed by atoms with van der Waals surface area (Å²) in [5, 5.41) is 14.0. The number of rotatable bonds is 9. The topological polar surface area (TPSA) is 96.9 Å². The second-order valence-corrected chi connectivity index (χ2v) is 5.00. The summed E-state index contributed by atoms with van der Waals surface area (Å²) in [6.07, 6.45) is 3.17. The molecule has 0 saturated carbocycles. The van der Waals surface area contributed by atoms with Gasteiger partial charge < -0.3 is 25.2 Å². The van der Waals surface area contributed by atoms with E-state index in [1.54, 1.807) is 7.11 Å². The molecule has 3 N–H and O–H groups in total. The lowest BCUT2D eigenvalue weighted by molar-refractivity contribution is -0.137. The quantitative estimate of drug-likeness (QED) is 0.544. The summed E-state index contributed by atoms with van der Waals surface area (Å²) in [7, 11) is 1.62. The molecule has 0 aromatic heterocycles. The summed E-state index contributed by atoms with van der Waals surface area (Å²) in [5.41, 5.74) is -0.404. The minimum atomic E-state index is -0.778. The predicted octanol–water partition coefficient (Wildman–Crippen LogP) is 0.736. The van der Waals surface area contributed by atoms with Crippen molar-refractivity contribution in [3.8, 4) is 0 Å². The molecule has 0 aliphatic carbocycles. The third-order valence-electron chi connectivity index (χ3n) is 3.42. The first-order valence-corrected chi connectivity index (χ1v) is 6.94. The van der Waals surface area contributed by atoms with Gasteiger partial charge in [-0.2, -0.15) is 0 Å². The Labute approximate surface area is 119 Å². The van der Waals surface area contributed by atoms with Crippen LogP contribution in [-0.2, 0) is 14.3 Å². The van der Waals surface area contributed by atoms with Crippen LogP contribution < -0.4 is 10.6 Å². The van der Waals surface area contributed by atoms with Gasteiger partial charge in [0.2, 0.25) is 0 Å². The Balaban J connectivity index is 2.04. The van der Waals surface area contributed by atoms with Crippen LogP contribution in [-0.4, -0.2) is 56.1 Å². The highest BCUT2D eigenvalue weighted by molar-refractivity contribution is 5.73. The molecule has 1 heterocycles. The van der Waals surface area contributed by atoms with Gasteiger partial charge in [0, 0.05) is 33.1 Å². The van der Waals surface area contributed by atoms with Crippen molar-refractivity contribution >= 4 is 12.0 Å². The number of carbonyl (C=O) groups is 2. The van der Waals surface area contributed by atoms with E-state index in [0.29, 0.717) is 32.7 Å². The first-order chi connectivity index (χ1) is 9.58. The van der Waals surface area contributed by atoms with E-state index in [1.807, 2.05) is 0 Å². The van der Waals surface area contributed by atoms with E-state index >= 15 is 0 Å². The zero-order chi connectivity index (χ0) is 14.8. The lowest BCUT2D eigenvalue weighted by atomic mass is 10.0. The van der Waals surface area contributed by atoms with E-state index in [1.165, 1.54) is 0 Å². The largest absolute Gasteiger partial charge is 0.481 e. The molecule has 1 fully saturated rings. The SMILES string of the molecule is COC1(CNC(=O)NCCCCCC(=O)O)CCOC1. The number of ether oxygens (including phenoxy) is 2. The molecular weight excluding hydrogens is 264 g/mol. The molecule has 116 valence electrons. The van der Waals surface area contributed by atoms with E-state index in [-0.39, 0.29) is 12.5 Å². The Morgan fingerprint density at radius 3 is 2.70 bits per heavy atom. The van der Waals surface area contributed by atoms with Crippen molar-refractivity contribution in [2.45, 2.75) is 37.7 Å². The molecular formula is C13H24N2O5. The Morgan fingerprint density at radius 1 is 1.30 bits per heavy atom. The summed E-state index contributed by atoms with van der Waals surface area (Å²) >= 11 is 0. The van der Waals surface area contributed by atoms with Crippen molar-refractivity contribution in [1.29, 1.82) is 0 Å². The standard InChI is InChI=1S/C13H24N2O5/c1-19-13(6-8-20-10-13)9-15-12(18)14-7-4-2-3-5-11(16)17/h2-10H2,1H3,(H,16,17)(H2,14,15,18). The summed E-state index contributed by atoms with van der Waals surface area (Å²) in [5.74, 6) is -0.778. The number of carboxylic acids is 1. The van der Waals surface area contributed by atoms with Gasteiger partial charge in [-0.25, -0.2) is 4.79 Å². The van der Waals surface area contributed by atoms with Crippen LogP contribution in [0.25, 0.3) is 0 Å². The lowest BCUT2D eigenvalue weighted by Crippen LogP contribution is -2.48. The number of aliphatic carboxylic acids is 1. The van der Waals surface area contributed by atoms with Crippen LogP contribution in [0, 0.1) is 0 Å². The van der Waals surface area contributed by atoms with E-state index < -0.39 is 11.6 Å². The number of carbonyl (C=O) groups excluding carboxylic acids is 1. The Kier molecular flexibility index (Phi) is 7.32. The number of urea groups is 1. The summed E-state index contributed by atoms with van der Waals surface area (Å²) in [6, 6.07) is -0.230. The summed E-state index contributed by atoms with van der Waals surface area (Å²) < 4.78 is 10.7. The third kappa shape index (κ3) is 6.21. The molecule has 0 radical (unpaired) electrons. The molecule has 0 spiro atoms. The molecule has 7 nitrogen and oxygen atoms in total. The minimum Gasteiger partial charge on any atom is -0.481 e. The monoisotopic (exact) mass is 288 g/mol. The highest BCUT2D eigenvalue weighted by atomic mass is 16.5. The Bertz CT molecular complexity index is 316. The van der Waals surface area contributed by atoms with Crippen molar-refractivity contribution in [3.63, 3.8) is 0 Å². The smallest absolute Gasteiger partial charge is 0.314 e. The van der Waals surface area contributed by atoms with Gasteiger partial charge >= 0.3 is 12.0 Å². The van der Waals surface area contributed by atoms with Crippen molar-refractivity contribution in [2.24, 2.45) is 0 Å². The molecule has 1 atom stereocenters. The van der Waals surface area contributed by atoms with Crippen LogP contribution in [0.15, 0.2) is 0 Å². The molecule has 0 bridgehead atoms. The number of carboxylic acid groups (broad SMARTS) is 1. The molecule has 1 saturated heterocycles. The molecule has 2 amide bonds. The number of hydrogen-bond acceptors (Lipinski definition) is 4. The first kappa shape index (κ1) is 16.7. The highest BCUT2D eigenvalue weighted by Crippen LogP contribution is 2.21. The minimum absolute atomic E-state index is 0.183. The second-order valence-electron chi connectivity index (χ2n) is 5.00. The maximum Gasteiger partial charge on any atom is 0.314 e. The Hall–Kier alpha value is -1.34. The molecule has 0 aromatic rings. The van der Waals surface area contributed by atoms with Gasteiger partial charge in [-0.3, -0.25) is 4.79 Å². The maximum atomic E-state index is 11.6. The highest BCUT2D eigenvalue weighted by Gasteiger charge is 2.35. The molecule has 1 aliphatic rings. The normalized spacial score (nSPS) is 21.6. The van der Waals surface area contributed by atoms with Crippen LogP contribution in [0.5, 0.6) is 0 Å². The van der Waals surface area contributed by atoms with Crippen LogP contribution >= 0.6 is 0 Å². The molecule has 7 heteroatoms. The zero-order valence-electron chi connectivity index (χ0n) is 11.9. The van der Waals surface area contributed by atoms with Crippen LogP contribution in [0.2, 0.25) is 0 Å². The summed E-state index contributed by atoms with van der Waals surface area (Å²) in [4.78, 5) is 21.9. The molecule has 0 aromatic carbocycles. The number of hydrogen-bond donors (Lipinski definition) is 3. The van der Waals surface area contributed by atoms with Gasteiger partial charge in [-0.15, -0.1) is 0 Å². The average molecular weight is 288 g/mol. The number of unbranched alkanes of at least 4 members (excludes halogenated alkanes) is 2. The van der Waals surface area contributed by atoms with Gasteiger partial charge in [-0.05, 0) is 12.8 Å². The molecule has 1 unspecified atom stereocenters. The third-order valence-corrected chi connectivity index (χ3v) is 3.42. The van der Waals surface area contributed by atoms with Crippen LogP contribution in [0.4, 0.5) is 4.79 Å². The zero-order valence-corrected chi connectivity index (χ0v) is 11.9. The summed E-state index contributed by atoms with van der Waals surface area (Å²) in [6.45, 7) is 2.12. The van der Waals surface area contributed by atoms with Crippen LogP contribution in [0.1, 0.15) is 32.1 Å². The number of methoxy groups -OCH3 is 1. The number of nitrogens with one attached hydrogen (secondary N) is 2. The van der Waals surface area contributed by atoms with Gasteiger partial charge in [0.05, 0.1) is 13.2 Å². The van der Waals surface area contributed by atoms with Crippen molar-refractivity contribution in [1.82, 2.24) is 10.6 Å². The average Bonchev–Trinajstić information content (AvgIpc) is 2.89. The lowest BCUT2D eigenvalue weighted by Gasteiger charge is -2.25. The van der Waals surface area contributed by atoms with Crippen molar-refractivity contribution in [2.75, 3.05) is 33.4 Å². The van der Waals surface area contributed by atoms with Gasteiger partial charge in [-0.1, -0.05) is 6.42 Å². The van der Waals surface area contributed by atoms with E-state index in [0.717, 1.165) is 19.3 Å². The number of amides is 2. The fourth-order valence-electron chi connectivity index (χ4n) is 2.04. The first-order valence-electron chi connectivity index (χ1n) is 6.94. The Morgan fingerprint density at radius 2 is 2.10 bits per heavy atom. The van der Waals surface area contributed by atoms with Crippen LogP contribution in [0.3, 0.4) is 0 Å². The van der Waals surface area contributed by atoms with Gasteiger partial charge in [0.15, 0.2) is 0 Å². The fraction of sp³-hybridized carbons (Fsp3) is 0.846. The van der Waals surface area contributed by atoms with Gasteiger partial charge in [0.25, 0.3) is 0 Å². The predicted molar refractivity (Wildman–Crippen MR) is 72.7 cm³/mol. The van der Waals surface area contributed by atoms with Crippen molar-refractivity contribution in [3.05, 3.63) is 0 Å². The molecule has 1 aliphatic heterocycles. The second kappa shape index (κ2) is 8.76.